The number of fused-ring (bicyclic) bond motifs is 1. The molecule has 0 amide bonds. The normalized spacial score (nSPS) is 16.6. The summed E-state index contributed by atoms with van der Waals surface area (Å²) in [7, 11) is 0. The van der Waals surface area contributed by atoms with Crippen LogP contribution in [0.4, 0.5) is 8.78 Å². The third-order valence-corrected chi connectivity index (χ3v) is 5.55. The first kappa shape index (κ1) is 23.2. The van der Waals surface area contributed by atoms with Gasteiger partial charge in [-0.2, -0.15) is 0 Å². The van der Waals surface area contributed by atoms with Crippen molar-refractivity contribution in [2.45, 2.75) is 71.3 Å². The second kappa shape index (κ2) is 9.80. The number of aryl methyl sites for hydroxylation is 1. The van der Waals surface area contributed by atoms with Gasteiger partial charge in [0.15, 0.2) is 0 Å². The summed E-state index contributed by atoms with van der Waals surface area (Å²) >= 11 is 0. The Morgan fingerprint density at radius 3 is 2.65 bits per heavy atom. The topological polar surface area (TPSA) is 35.5 Å². The maximum Gasteiger partial charge on any atom is 0.306 e. The van der Waals surface area contributed by atoms with E-state index in [1.165, 1.54) is 23.3 Å². The van der Waals surface area contributed by atoms with E-state index in [1.54, 1.807) is 0 Å². The van der Waals surface area contributed by atoms with Gasteiger partial charge in [-0.1, -0.05) is 19.1 Å². The van der Waals surface area contributed by atoms with Crippen LogP contribution in [0.25, 0.3) is 0 Å². The monoisotopic (exact) mass is 430 g/mol. The van der Waals surface area contributed by atoms with E-state index in [4.69, 9.17) is 9.47 Å². The predicted molar refractivity (Wildman–Crippen MR) is 117 cm³/mol. The maximum absolute atomic E-state index is 13.8. The van der Waals surface area contributed by atoms with Crippen molar-refractivity contribution < 1.29 is 23.0 Å². The van der Waals surface area contributed by atoms with Gasteiger partial charge >= 0.3 is 5.97 Å². The third-order valence-electron chi connectivity index (χ3n) is 5.55. The summed E-state index contributed by atoms with van der Waals surface area (Å²) in [6, 6.07) is 9.84. The first-order valence-corrected chi connectivity index (χ1v) is 11.0. The molecule has 0 heterocycles. The molecule has 0 saturated heterocycles. The quantitative estimate of drug-likeness (QED) is 0.456. The fourth-order valence-corrected chi connectivity index (χ4v) is 4.12. The minimum absolute atomic E-state index is 0.0924. The fourth-order valence-electron chi connectivity index (χ4n) is 4.12. The minimum Gasteiger partial charge on any atom is -0.493 e. The number of hydrogen-bond acceptors (Lipinski definition) is 3. The second-order valence-electron chi connectivity index (χ2n) is 9.58. The molecule has 5 heteroatoms. The molecule has 0 bridgehead atoms. The van der Waals surface area contributed by atoms with Gasteiger partial charge in [0.05, 0.1) is 6.61 Å². The van der Waals surface area contributed by atoms with E-state index in [9.17, 15) is 13.6 Å². The Bertz CT molecular complexity index is 917. The van der Waals surface area contributed by atoms with Crippen LogP contribution in [-0.2, 0) is 22.4 Å². The highest BCUT2D eigenvalue weighted by atomic mass is 19.1. The van der Waals surface area contributed by atoms with E-state index in [1.807, 2.05) is 33.8 Å². The lowest BCUT2D eigenvalue weighted by Crippen LogP contribution is -2.23. The summed E-state index contributed by atoms with van der Waals surface area (Å²) in [6.07, 6.45) is 3.72. The second-order valence-corrected chi connectivity index (χ2v) is 9.58. The number of esters is 1. The third kappa shape index (κ3) is 6.78. The average molecular weight is 431 g/mol. The molecular weight excluding hydrogens is 398 g/mol. The Balaban J connectivity index is 1.51. The smallest absolute Gasteiger partial charge is 0.306 e. The summed E-state index contributed by atoms with van der Waals surface area (Å²) in [6.45, 7) is 8.09. The molecule has 31 heavy (non-hydrogen) atoms. The largest absolute Gasteiger partial charge is 0.493 e. The lowest BCUT2D eigenvalue weighted by Gasteiger charge is -2.20. The zero-order chi connectivity index (χ0) is 22.6. The molecule has 1 aliphatic carbocycles. The van der Waals surface area contributed by atoms with Crippen LogP contribution in [-0.4, -0.2) is 18.2 Å². The number of carbonyl (C=O) groups excluding carboxylic acids is 1. The van der Waals surface area contributed by atoms with Crippen LogP contribution in [0.5, 0.6) is 5.75 Å². The van der Waals surface area contributed by atoms with Gasteiger partial charge in [0.1, 0.15) is 23.0 Å². The van der Waals surface area contributed by atoms with Crippen LogP contribution >= 0.6 is 0 Å². The molecule has 0 N–H and O–H groups in total. The molecule has 0 aliphatic heterocycles. The number of benzene rings is 2. The summed E-state index contributed by atoms with van der Waals surface area (Å²) < 4.78 is 38.3. The number of hydrogen-bond donors (Lipinski definition) is 0. The minimum atomic E-state index is -0.562. The molecule has 2 unspecified atom stereocenters. The van der Waals surface area contributed by atoms with E-state index in [-0.39, 0.29) is 11.9 Å². The molecule has 3 rings (SSSR count). The number of rotatable bonds is 8. The van der Waals surface area contributed by atoms with Gasteiger partial charge < -0.3 is 9.47 Å². The number of ether oxygens (including phenoxy) is 2. The van der Waals surface area contributed by atoms with Gasteiger partial charge in [-0.15, -0.1) is 0 Å². The van der Waals surface area contributed by atoms with Crippen molar-refractivity contribution in [3.63, 3.8) is 0 Å². The van der Waals surface area contributed by atoms with Crippen LogP contribution in [0, 0.1) is 17.6 Å². The molecule has 2 atom stereocenters. The lowest BCUT2D eigenvalue weighted by atomic mass is 9.96. The molecule has 0 radical (unpaired) electrons. The predicted octanol–water partition coefficient (Wildman–Crippen LogP) is 6.37. The van der Waals surface area contributed by atoms with Crippen LogP contribution in [0.3, 0.4) is 0 Å². The van der Waals surface area contributed by atoms with Gasteiger partial charge in [-0.3, -0.25) is 4.79 Å². The van der Waals surface area contributed by atoms with Crippen molar-refractivity contribution in [3.8, 4) is 5.75 Å². The van der Waals surface area contributed by atoms with Gasteiger partial charge in [-0.05, 0) is 93.2 Å². The average Bonchev–Trinajstić information content (AvgIpc) is 3.08. The standard InChI is InChI=1S/C26H32F2O3/c1-17(13-20-7-9-21(27)15-24(20)28)16-30-22-10-11-23-18(5-6-19(23)14-22)8-12-25(29)31-26(2,3)4/h7,9-11,14-15,17-18H,5-6,8,12-13,16H2,1-4H3. The van der Waals surface area contributed by atoms with Crippen molar-refractivity contribution in [1.82, 2.24) is 0 Å². The van der Waals surface area contributed by atoms with Crippen LogP contribution in [0.1, 0.15) is 69.6 Å². The van der Waals surface area contributed by atoms with E-state index in [2.05, 4.69) is 12.1 Å². The lowest BCUT2D eigenvalue weighted by molar-refractivity contribution is -0.155. The van der Waals surface area contributed by atoms with Crippen molar-refractivity contribution >= 4 is 5.97 Å². The Morgan fingerprint density at radius 1 is 1.16 bits per heavy atom. The van der Waals surface area contributed by atoms with Gasteiger partial charge in [0, 0.05) is 12.5 Å². The van der Waals surface area contributed by atoms with Gasteiger partial charge in [0.2, 0.25) is 0 Å². The first-order chi connectivity index (χ1) is 14.6. The molecule has 0 fully saturated rings. The van der Waals surface area contributed by atoms with Crippen LogP contribution in [0.15, 0.2) is 36.4 Å². The molecule has 168 valence electrons. The Kier molecular flexibility index (Phi) is 7.34. The summed E-state index contributed by atoms with van der Waals surface area (Å²) in [5.74, 6) is 0.0479. The molecule has 0 saturated carbocycles. The maximum atomic E-state index is 13.8. The van der Waals surface area contributed by atoms with Crippen molar-refractivity contribution in [2.24, 2.45) is 5.92 Å². The van der Waals surface area contributed by atoms with E-state index in [0.717, 1.165) is 31.1 Å². The highest BCUT2D eigenvalue weighted by Crippen LogP contribution is 2.38. The zero-order valence-corrected chi connectivity index (χ0v) is 18.8. The summed E-state index contributed by atoms with van der Waals surface area (Å²) in [5.41, 5.74) is 2.61. The molecule has 1 aliphatic rings. The first-order valence-electron chi connectivity index (χ1n) is 11.0. The zero-order valence-electron chi connectivity index (χ0n) is 18.8. The number of carbonyl (C=O) groups is 1. The Hall–Kier alpha value is -2.43. The number of halogens is 2. The van der Waals surface area contributed by atoms with Crippen molar-refractivity contribution in [3.05, 3.63) is 64.7 Å². The molecule has 0 spiro atoms. The summed E-state index contributed by atoms with van der Waals surface area (Å²) in [5, 5.41) is 0. The van der Waals surface area contributed by atoms with E-state index in [0.29, 0.717) is 30.9 Å². The van der Waals surface area contributed by atoms with Crippen LogP contribution < -0.4 is 4.74 Å². The molecule has 2 aromatic carbocycles. The Labute approximate surface area is 183 Å². The Morgan fingerprint density at radius 2 is 1.94 bits per heavy atom. The molecule has 3 nitrogen and oxygen atoms in total. The molecule has 2 aromatic rings. The van der Waals surface area contributed by atoms with Crippen molar-refractivity contribution in [2.75, 3.05) is 6.61 Å². The molecule has 0 aromatic heterocycles. The van der Waals surface area contributed by atoms with Crippen LogP contribution in [0.2, 0.25) is 0 Å². The SMILES string of the molecule is CC(COc1ccc2c(c1)CCC2CCC(=O)OC(C)(C)C)Cc1ccc(F)cc1F. The van der Waals surface area contributed by atoms with E-state index >= 15 is 0 Å². The van der Waals surface area contributed by atoms with E-state index < -0.39 is 17.2 Å². The molecular formula is C26H32F2O3. The summed E-state index contributed by atoms with van der Waals surface area (Å²) in [4.78, 5) is 12.0. The highest BCUT2D eigenvalue weighted by molar-refractivity contribution is 5.70. The highest BCUT2D eigenvalue weighted by Gasteiger charge is 2.25. The fraction of sp³-hybridized carbons (Fsp3) is 0.500. The van der Waals surface area contributed by atoms with Crippen molar-refractivity contribution in [1.29, 1.82) is 0 Å². The van der Waals surface area contributed by atoms with Gasteiger partial charge in [0.25, 0.3) is 0 Å². The van der Waals surface area contributed by atoms with Gasteiger partial charge in [-0.25, -0.2) is 8.78 Å².